The Hall–Kier alpha value is -1.44. The van der Waals surface area contributed by atoms with Crippen molar-refractivity contribution in [3.05, 3.63) is 45.9 Å². The molecule has 1 aromatic carbocycles. The molecule has 0 fully saturated rings. The van der Waals surface area contributed by atoms with Crippen molar-refractivity contribution in [2.24, 2.45) is 0 Å². The van der Waals surface area contributed by atoms with Crippen LogP contribution in [0.2, 0.25) is 0 Å². The average Bonchev–Trinajstić information content (AvgIpc) is 2.93. The maximum absolute atomic E-state index is 14.1. The number of hydrogen-bond acceptors (Lipinski definition) is 4. The van der Waals surface area contributed by atoms with E-state index < -0.39 is 15.8 Å². The molecule has 1 aromatic heterocycles. The highest BCUT2D eigenvalue weighted by Crippen LogP contribution is 2.24. The van der Waals surface area contributed by atoms with Gasteiger partial charge >= 0.3 is 0 Å². The van der Waals surface area contributed by atoms with Crippen molar-refractivity contribution in [3.8, 4) is 0 Å². The van der Waals surface area contributed by atoms with Crippen molar-refractivity contribution >= 4 is 27.0 Å². The van der Waals surface area contributed by atoms with Crippen LogP contribution in [0, 0.1) is 12.7 Å². The predicted octanol–water partition coefficient (Wildman–Crippen LogP) is 2.64. The van der Waals surface area contributed by atoms with Crippen LogP contribution in [0.4, 0.5) is 10.1 Å². The number of likely N-dealkylation sites (N-methyl/N-ethyl adjacent to an activating group) is 1. The number of sulfonamides is 1. The first kappa shape index (κ1) is 15.9. The fourth-order valence-corrected chi connectivity index (χ4v) is 4.00. The van der Waals surface area contributed by atoms with E-state index in [1.807, 2.05) is 17.5 Å². The van der Waals surface area contributed by atoms with Crippen LogP contribution in [0.1, 0.15) is 10.4 Å². The quantitative estimate of drug-likeness (QED) is 0.858. The van der Waals surface area contributed by atoms with Gasteiger partial charge in [0.25, 0.3) is 0 Å². The standard InChI is InChI=1S/C14H17FN2O2S2/c1-10-8-11(16)9-13(14(10)15)21(18,19)17(2)6-5-12-4-3-7-20-12/h3-4,7-9H,5-6,16H2,1-2H3. The summed E-state index contributed by atoms with van der Waals surface area (Å²) in [7, 11) is -2.44. The van der Waals surface area contributed by atoms with E-state index >= 15 is 0 Å². The van der Waals surface area contributed by atoms with Crippen LogP contribution >= 0.6 is 11.3 Å². The Kier molecular flexibility index (Phi) is 4.65. The van der Waals surface area contributed by atoms with Gasteiger partial charge in [-0.3, -0.25) is 0 Å². The summed E-state index contributed by atoms with van der Waals surface area (Å²) in [6.45, 7) is 1.78. The summed E-state index contributed by atoms with van der Waals surface area (Å²) < 4.78 is 40.2. The van der Waals surface area contributed by atoms with Gasteiger partial charge in [-0.05, 0) is 42.5 Å². The van der Waals surface area contributed by atoms with Gasteiger partial charge in [0.15, 0.2) is 0 Å². The number of nitrogens with zero attached hydrogens (tertiary/aromatic N) is 1. The second-order valence-corrected chi connectivity index (χ2v) is 7.85. The van der Waals surface area contributed by atoms with Crippen molar-refractivity contribution in [2.75, 3.05) is 19.3 Å². The molecule has 0 bridgehead atoms. The van der Waals surface area contributed by atoms with Gasteiger partial charge in [-0.25, -0.2) is 17.1 Å². The van der Waals surface area contributed by atoms with E-state index in [0.29, 0.717) is 6.42 Å². The summed E-state index contributed by atoms with van der Waals surface area (Å²) in [5.41, 5.74) is 6.09. The Bertz CT molecular complexity index is 728. The van der Waals surface area contributed by atoms with Crippen LogP contribution in [-0.2, 0) is 16.4 Å². The number of nitrogen functional groups attached to an aromatic ring is 1. The number of hydrogen-bond donors (Lipinski definition) is 1. The molecule has 1 heterocycles. The lowest BCUT2D eigenvalue weighted by atomic mass is 10.2. The second kappa shape index (κ2) is 6.13. The lowest BCUT2D eigenvalue weighted by Gasteiger charge is -2.18. The third-order valence-corrected chi connectivity index (χ3v) is 5.98. The molecule has 114 valence electrons. The average molecular weight is 328 g/mol. The minimum Gasteiger partial charge on any atom is -0.399 e. The van der Waals surface area contributed by atoms with Crippen molar-refractivity contribution in [3.63, 3.8) is 0 Å². The Morgan fingerprint density at radius 3 is 2.71 bits per heavy atom. The van der Waals surface area contributed by atoms with E-state index in [1.54, 1.807) is 11.3 Å². The van der Waals surface area contributed by atoms with Crippen LogP contribution in [0.5, 0.6) is 0 Å². The maximum Gasteiger partial charge on any atom is 0.245 e. The smallest absolute Gasteiger partial charge is 0.245 e. The van der Waals surface area contributed by atoms with Gasteiger partial charge < -0.3 is 5.73 Å². The summed E-state index contributed by atoms with van der Waals surface area (Å²) in [6, 6.07) is 6.44. The van der Waals surface area contributed by atoms with Crippen molar-refractivity contribution in [2.45, 2.75) is 18.2 Å². The highest BCUT2D eigenvalue weighted by Gasteiger charge is 2.25. The Labute approximate surface area is 128 Å². The third-order valence-electron chi connectivity index (χ3n) is 3.18. The Morgan fingerprint density at radius 1 is 1.38 bits per heavy atom. The Balaban J connectivity index is 2.25. The number of thiophene rings is 1. The fraction of sp³-hybridized carbons (Fsp3) is 0.286. The van der Waals surface area contributed by atoms with E-state index in [1.165, 1.54) is 26.1 Å². The zero-order valence-electron chi connectivity index (χ0n) is 11.8. The highest BCUT2D eigenvalue weighted by molar-refractivity contribution is 7.89. The number of benzene rings is 1. The topological polar surface area (TPSA) is 63.4 Å². The molecule has 0 aliphatic rings. The SMILES string of the molecule is Cc1cc(N)cc(S(=O)(=O)N(C)CCc2cccs2)c1F. The predicted molar refractivity (Wildman–Crippen MR) is 83.4 cm³/mol. The lowest BCUT2D eigenvalue weighted by Crippen LogP contribution is -2.29. The molecule has 0 saturated heterocycles. The van der Waals surface area contributed by atoms with Crippen LogP contribution in [-0.4, -0.2) is 26.3 Å². The number of rotatable bonds is 5. The Morgan fingerprint density at radius 2 is 2.10 bits per heavy atom. The molecule has 21 heavy (non-hydrogen) atoms. The molecule has 2 rings (SSSR count). The molecule has 2 N–H and O–H groups in total. The van der Waals surface area contributed by atoms with Gasteiger partial charge in [0.2, 0.25) is 10.0 Å². The monoisotopic (exact) mass is 328 g/mol. The maximum atomic E-state index is 14.1. The van der Waals surface area contributed by atoms with E-state index in [2.05, 4.69) is 0 Å². The molecule has 0 spiro atoms. The fourth-order valence-electron chi connectivity index (χ4n) is 1.96. The van der Waals surface area contributed by atoms with Gasteiger partial charge in [-0.1, -0.05) is 6.07 Å². The molecule has 0 aliphatic carbocycles. The van der Waals surface area contributed by atoms with Crippen molar-refractivity contribution < 1.29 is 12.8 Å². The number of anilines is 1. The zero-order chi connectivity index (χ0) is 15.6. The molecular formula is C14H17FN2O2S2. The molecule has 0 amide bonds. The normalized spacial score (nSPS) is 12.0. The number of aryl methyl sites for hydroxylation is 1. The summed E-state index contributed by atoms with van der Waals surface area (Å²) >= 11 is 1.56. The van der Waals surface area contributed by atoms with E-state index in [4.69, 9.17) is 5.73 Å². The second-order valence-electron chi connectivity index (χ2n) is 4.81. The molecule has 4 nitrogen and oxygen atoms in total. The van der Waals surface area contributed by atoms with Crippen LogP contribution in [0.25, 0.3) is 0 Å². The molecule has 0 atom stereocenters. The van der Waals surface area contributed by atoms with Crippen LogP contribution in [0.3, 0.4) is 0 Å². The first-order valence-electron chi connectivity index (χ1n) is 6.36. The summed E-state index contributed by atoms with van der Waals surface area (Å²) in [4.78, 5) is 0.718. The van der Waals surface area contributed by atoms with Gasteiger partial charge in [-0.2, -0.15) is 0 Å². The highest BCUT2D eigenvalue weighted by atomic mass is 32.2. The molecule has 0 saturated carbocycles. The van der Waals surface area contributed by atoms with Gasteiger partial charge in [0.05, 0.1) is 0 Å². The van der Waals surface area contributed by atoms with Gasteiger partial charge in [0, 0.05) is 24.2 Å². The first-order valence-corrected chi connectivity index (χ1v) is 8.68. The number of halogens is 1. The minimum absolute atomic E-state index is 0.222. The van der Waals surface area contributed by atoms with E-state index in [0.717, 1.165) is 9.18 Å². The zero-order valence-corrected chi connectivity index (χ0v) is 13.5. The largest absolute Gasteiger partial charge is 0.399 e. The number of nitrogens with two attached hydrogens (primary N) is 1. The van der Waals surface area contributed by atoms with E-state index in [9.17, 15) is 12.8 Å². The summed E-state index contributed by atoms with van der Waals surface area (Å²) in [6.07, 6.45) is 0.594. The van der Waals surface area contributed by atoms with Gasteiger partial charge in [-0.15, -0.1) is 11.3 Å². The third kappa shape index (κ3) is 3.42. The van der Waals surface area contributed by atoms with Crippen LogP contribution in [0.15, 0.2) is 34.5 Å². The lowest BCUT2D eigenvalue weighted by molar-refractivity contribution is 0.466. The molecular weight excluding hydrogens is 311 g/mol. The van der Waals surface area contributed by atoms with Gasteiger partial charge in [0.1, 0.15) is 10.7 Å². The molecule has 0 unspecified atom stereocenters. The van der Waals surface area contributed by atoms with E-state index in [-0.39, 0.29) is 22.7 Å². The molecule has 0 radical (unpaired) electrons. The van der Waals surface area contributed by atoms with Crippen LogP contribution < -0.4 is 5.73 Å². The first-order chi connectivity index (χ1) is 9.82. The van der Waals surface area contributed by atoms with Crippen molar-refractivity contribution in [1.29, 1.82) is 0 Å². The summed E-state index contributed by atoms with van der Waals surface area (Å²) in [5, 5.41) is 1.94. The van der Waals surface area contributed by atoms with Crippen molar-refractivity contribution in [1.82, 2.24) is 4.31 Å². The molecule has 7 heteroatoms. The summed E-state index contributed by atoms with van der Waals surface area (Å²) in [5.74, 6) is -0.743. The minimum atomic E-state index is -3.88. The molecule has 0 aliphatic heterocycles. The molecule has 2 aromatic rings.